The fraction of sp³-hybridized carbons (Fsp3) is 0.429. The Kier molecular flexibility index (Phi) is 7.57. The Morgan fingerprint density at radius 3 is 2.46 bits per heavy atom. The number of carbonyl (C=O) groups is 2. The van der Waals surface area contributed by atoms with Crippen LogP contribution >= 0.6 is 0 Å². The maximum Gasteiger partial charge on any atom is 0.341 e. The number of cyclic esters (lactones) is 1. The van der Waals surface area contributed by atoms with Crippen LogP contribution < -0.4 is 5.32 Å². The molecule has 0 atom stereocenters. The summed E-state index contributed by atoms with van der Waals surface area (Å²) in [6, 6.07) is 5.76. The molecule has 0 aliphatic carbocycles. The topological polar surface area (TPSA) is 55.4 Å². The molecule has 0 bridgehead atoms. The minimum atomic E-state index is -0.519. The predicted octanol–water partition coefficient (Wildman–Crippen LogP) is 4.52. The molecule has 5 heteroatoms. The lowest BCUT2D eigenvalue weighted by Crippen LogP contribution is -2.27. The van der Waals surface area contributed by atoms with E-state index in [0.717, 1.165) is 19.3 Å². The normalized spacial score (nSPS) is 13.9. The van der Waals surface area contributed by atoms with E-state index in [1.807, 2.05) is 0 Å². The molecule has 0 radical (unpaired) electrons. The maximum absolute atomic E-state index is 13.1. The third-order valence-electron chi connectivity index (χ3n) is 4.40. The van der Waals surface area contributed by atoms with Crippen molar-refractivity contribution in [3.63, 3.8) is 0 Å². The Morgan fingerprint density at radius 1 is 1.12 bits per heavy atom. The van der Waals surface area contributed by atoms with Crippen LogP contribution in [-0.4, -0.2) is 18.4 Å². The van der Waals surface area contributed by atoms with Crippen molar-refractivity contribution in [3.05, 3.63) is 53.6 Å². The van der Waals surface area contributed by atoms with Gasteiger partial charge in [0.25, 0.3) is 0 Å². The quantitative estimate of drug-likeness (QED) is 0.494. The first-order valence-corrected chi connectivity index (χ1v) is 9.20. The van der Waals surface area contributed by atoms with Gasteiger partial charge in [-0.25, -0.2) is 9.18 Å². The molecule has 1 aliphatic heterocycles. The first kappa shape index (κ1) is 19.9. The number of hydrogen-bond donors (Lipinski definition) is 1. The van der Waals surface area contributed by atoms with Gasteiger partial charge in [-0.05, 0) is 24.1 Å². The lowest BCUT2D eigenvalue weighted by Gasteiger charge is -2.07. The molecule has 2 rings (SSSR count). The fourth-order valence-corrected chi connectivity index (χ4v) is 2.95. The lowest BCUT2D eigenvalue weighted by molar-refractivity contribution is -0.133. The summed E-state index contributed by atoms with van der Waals surface area (Å²) in [4.78, 5) is 24.0. The highest BCUT2D eigenvalue weighted by atomic mass is 19.1. The number of allylic oxidation sites excluding steroid dienone is 1. The predicted molar refractivity (Wildman–Crippen MR) is 99.6 cm³/mol. The zero-order chi connectivity index (χ0) is 18.9. The van der Waals surface area contributed by atoms with Gasteiger partial charge in [0.1, 0.15) is 11.6 Å². The molecular formula is C21H26FNO3. The van der Waals surface area contributed by atoms with Gasteiger partial charge in [0.15, 0.2) is 0 Å². The summed E-state index contributed by atoms with van der Waals surface area (Å²) < 4.78 is 18.2. The average molecular weight is 359 g/mol. The van der Waals surface area contributed by atoms with Gasteiger partial charge >= 0.3 is 5.97 Å². The summed E-state index contributed by atoms with van der Waals surface area (Å²) in [5.41, 5.74) is 1.51. The third-order valence-corrected chi connectivity index (χ3v) is 4.40. The van der Waals surface area contributed by atoms with Gasteiger partial charge < -0.3 is 10.1 Å². The largest absolute Gasteiger partial charge is 0.423 e. The number of esters is 1. The zero-order valence-electron chi connectivity index (χ0n) is 15.3. The molecule has 140 valence electrons. The van der Waals surface area contributed by atoms with Crippen molar-refractivity contribution in [2.24, 2.45) is 0 Å². The van der Waals surface area contributed by atoms with Crippen LogP contribution in [0.5, 0.6) is 0 Å². The molecule has 1 aliphatic rings. The van der Waals surface area contributed by atoms with Crippen LogP contribution in [0.1, 0.15) is 57.4 Å². The van der Waals surface area contributed by atoms with Crippen LogP contribution in [0.15, 0.2) is 42.2 Å². The average Bonchev–Trinajstić information content (AvgIpc) is 2.90. The molecular weight excluding hydrogens is 333 g/mol. The van der Waals surface area contributed by atoms with Gasteiger partial charge in [-0.2, -0.15) is 0 Å². The Labute approximate surface area is 154 Å². The Balaban J connectivity index is 1.91. The van der Waals surface area contributed by atoms with Crippen molar-refractivity contribution in [1.29, 1.82) is 0 Å². The van der Waals surface area contributed by atoms with Crippen molar-refractivity contribution < 1.29 is 18.7 Å². The number of benzene rings is 1. The van der Waals surface area contributed by atoms with Crippen LogP contribution in [0.2, 0.25) is 0 Å². The lowest BCUT2D eigenvalue weighted by atomic mass is 10.00. The van der Waals surface area contributed by atoms with Gasteiger partial charge in [-0.15, -0.1) is 0 Å². The first-order chi connectivity index (χ1) is 12.5. The Morgan fingerprint density at radius 2 is 1.77 bits per heavy atom. The standard InChI is InChI=1S/C21H26FNO3/c1-3-4-5-6-7-8-9-19(24)23-14-18-20(15(2)26-21(18)25)16-10-12-17(22)13-11-16/h10-13H,2-9,14H2,1H3,(H,23,24). The summed E-state index contributed by atoms with van der Waals surface area (Å²) >= 11 is 0. The van der Waals surface area contributed by atoms with Crippen LogP contribution in [0, 0.1) is 5.82 Å². The van der Waals surface area contributed by atoms with Gasteiger partial charge in [0.05, 0.1) is 12.1 Å². The number of carbonyl (C=O) groups excluding carboxylic acids is 2. The van der Waals surface area contributed by atoms with Crippen LogP contribution in [-0.2, 0) is 14.3 Å². The minimum absolute atomic E-state index is 0.0826. The Bertz CT molecular complexity index is 692. The molecule has 0 spiro atoms. The summed E-state index contributed by atoms with van der Waals surface area (Å²) in [6.07, 6.45) is 7.12. The molecule has 4 nitrogen and oxygen atoms in total. The SMILES string of the molecule is C=C1OC(=O)C(CNC(=O)CCCCCCCC)=C1c1ccc(F)cc1. The monoisotopic (exact) mass is 359 g/mol. The van der Waals surface area contributed by atoms with E-state index < -0.39 is 5.97 Å². The van der Waals surface area contributed by atoms with E-state index >= 15 is 0 Å². The highest BCUT2D eigenvalue weighted by Gasteiger charge is 2.29. The van der Waals surface area contributed by atoms with E-state index in [9.17, 15) is 14.0 Å². The number of halogens is 1. The van der Waals surface area contributed by atoms with E-state index in [-0.39, 0.29) is 24.0 Å². The van der Waals surface area contributed by atoms with Crippen LogP contribution in [0.4, 0.5) is 4.39 Å². The summed E-state index contributed by atoms with van der Waals surface area (Å²) in [5.74, 6) is -0.744. The molecule has 0 saturated carbocycles. The first-order valence-electron chi connectivity index (χ1n) is 9.20. The van der Waals surface area contributed by atoms with Gasteiger partial charge in [0, 0.05) is 12.0 Å². The zero-order valence-corrected chi connectivity index (χ0v) is 15.3. The second-order valence-corrected chi connectivity index (χ2v) is 6.47. The number of hydrogen-bond acceptors (Lipinski definition) is 3. The van der Waals surface area contributed by atoms with Gasteiger partial charge in [-0.3, -0.25) is 4.79 Å². The van der Waals surface area contributed by atoms with Crippen molar-refractivity contribution in [3.8, 4) is 0 Å². The van der Waals surface area contributed by atoms with Crippen molar-refractivity contribution in [1.82, 2.24) is 5.32 Å². The van der Waals surface area contributed by atoms with Crippen molar-refractivity contribution in [2.45, 2.75) is 51.9 Å². The van der Waals surface area contributed by atoms with E-state index in [2.05, 4.69) is 18.8 Å². The number of amides is 1. The van der Waals surface area contributed by atoms with E-state index in [4.69, 9.17) is 4.74 Å². The summed E-state index contributed by atoms with van der Waals surface area (Å²) in [6.45, 7) is 5.99. The molecule has 1 heterocycles. The molecule has 26 heavy (non-hydrogen) atoms. The third kappa shape index (κ3) is 5.55. The molecule has 0 aromatic heterocycles. The van der Waals surface area contributed by atoms with Crippen molar-refractivity contribution in [2.75, 3.05) is 6.54 Å². The number of rotatable bonds is 10. The molecule has 0 saturated heterocycles. The van der Waals surface area contributed by atoms with Gasteiger partial charge in [0.2, 0.25) is 5.91 Å². The van der Waals surface area contributed by atoms with Gasteiger partial charge in [-0.1, -0.05) is 57.7 Å². The van der Waals surface area contributed by atoms with Crippen LogP contribution in [0.25, 0.3) is 5.57 Å². The second-order valence-electron chi connectivity index (χ2n) is 6.47. The number of nitrogens with one attached hydrogen (secondary N) is 1. The smallest absolute Gasteiger partial charge is 0.341 e. The van der Waals surface area contributed by atoms with E-state index in [0.29, 0.717) is 23.1 Å². The van der Waals surface area contributed by atoms with E-state index in [1.165, 1.54) is 31.4 Å². The molecule has 1 N–H and O–H groups in total. The molecule has 1 amide bonds. The number of unbranched alkanes of at least 4 members (excludes halogenated alkanes) is 5. The molecule has 1 aromatic carbocycles. The summed E-state index contributed by atoms with van der Waals surface area (Å²) in [7, 11) is 0. The highest BCUT2D eigenvalue weighted by molar-refractivity contribution is 6.07. The maximum atomic E-state index is 13.1. The minimum Gasteiger partial charge on any atom is -0.423 e. The van der Waals surface area contributed by atoms with Crippen LogP contribution in [0.3, 0.4) is 0 Å². The second kappa shape index (κ2) is 9.90. The Hall–Kier alpha value is -2.43. The fourth-order valence-electron chi connectivity index (χ4n) is 2.95. The summed E-state index contributed by atoms with van der Waals surface area (Å²) in [5, 5.41) is 2.78. The molecule has 0 unspecified atom stereocenters. The molecule has 0 fully saturated rings. The number of ether oxygens (including phenoxy) is 1. The van der Waals surface area contributed by atoms with Crippen molar-refractivity contribution >= 4 is 17.4 Å². The van der Waals surface area contributed by atoms with E-state index in [1.54, 1.807) is 12.1 Å². The molecule has 1 aromatic rings. The highest BCUT2D eigenvalue weighted by Crippen LogP contribution is 2.33.